The van der Waals surface area contributed by atoms with E-state index >= 15 is 0 Å². The monoisotopic (exact) mass is 351 g/mol. The molecule has 0 aliphatic heterocycles. The summed E-state index contributed by atoms with van der Waals surface area (Å²) in [5.74, 6) is 0.325. The predicted octanol–water partition coefficient (Wildman–Crippen LogP) is 4.31. The van der Waals surface area contributed by atoms with E-state index in [9.17, 15) is 4.39 Å². The number of halogens is 2. The van der Waals surface area contributed by atoms with E-state index in [0.29, 0.717) is 16.3 Å². The number of ether oxygens (including phenoxy) is 1. The van der Waals surface area contributed by atoms with E-state index < -0.39 is 0 Å². The summed E-state index contributed by atoms with van der Waals surface area (Å²) in [5.41, 5.74) is 1.53. The van der Waals surface area contributed by atoms with Crippen molar-refractivity contribution in [2.75, 3.05) is 13.2 Å². The van der Waals surface area contributed by atoms with Crippen LogP contribution in [0.5, 0.6) is 5.75 Å². The minimum absolute atomic E-state index is 0.105. The highest BCUT2D eigenvalue weighted by molar-refractivity contribution is 6.31. The smallest absolute Gasteiger partial charge is 0.131 e. The Morgan fingerprint density at radius 1 is 1.04 bits per heavy atom. The molecule has 0 bridgehead atoms. The van der Waals surface area contributed by atoms with Gasteiger partial charge < -0.3 is 15.2 Å². The Hall–Kier alpha value is -1.62. The first kappa shape index (κ1) is 18.7. The van der Waals surface area contributed by atoms with E-state index in [2.05, 4.69) is 5.32 Å². The van der Waals surface area contributed by atoms with E-state index in [4.69, 9.17) is 21.4 Å². The molecule has 2 N–H and O–H groups in total. The second kappa shape index (κ2) is 10.3. The topological polar surface area (TPSA) is 41.5 Å². The van der Waals surface area contributed by atoms with Crippen LogP contribution in [-0.2, 0) is 13.2 Å². The van der Waals surface area contributed by atoms with Crippen molar-refractivity contribution in [1.29, 1.82) is 0 Å². The lowest BCUT2D eigenvalue weighted by Crippen LogP contribution is -2.14. The van der Waals surface area contributed by atoms with E-state index in [0.717, 1.165) is 37.9 Å². The van der Waals surface area contributed by atoms with Gasteiger partial charge in [0.05, 0.1) is 5.02 Å². The molecule has 2 aromatic rings. The molecular formula is C19H23ClFNO2. The third kappa shape index (κ3) is 6.11. The summed E-state index contributed by atoms with van der Waals surface area (Å²) in [5, 5.41) is 12.4. The maximum Gasteiger partial charge on any atom is 0.131 e. The van der Waals surface area contributed by atoms with Crippen LogP contribution < -0.4 is 10.1 Å². The van der Waals surface area contributed by atoms with Gasteiger partial charge >= 0.3 is 0 Å². The molecule has 0 heterocycles. The number of unbranched alkanes of at least 4 members (excludes halogenated alkanes) is 2. The summed E-state index contributed by atoms with van der Waals surface area (Å²) in [6.07, 6.45) is 2.96. The summed E-state index contributed by atoms with van der Waals surface area (Å²) in [6.45, 7) is 2.09. The standard InChI is InChI=1S/C19H23ClFNO2/c20-18-5-4-6-19(21)17(18)14-24-16-9-7-15(8-10-16)13-22-11-2-1-3-12-23/h4-10,22-23H,1-3,11-14H2. The summed E-state index contributed by atoms with van der Waals surface area (Å²) in [7, 11) is 0. The zero-order chi connectivity index (χ0) is 17.2. The molecule has 2 rings (SSSR count). The van der Waals surface area contributed by atoms with Gasteiger partial charge in [0.2, 0.25) is 0 Å². The molecule has 0 spiro atoms. The zero-order valence-corrected chi connectivity index (χ0v) is 14.4. The van der Waals surface area contributed by atoms with Gasteiger partial charge in [0.15, 0.2) is 0 Å². The highest BCUT2D eigenvalue weighted by atomic mass is 35.5. The van der Waals surface area contributed by atoms with Gasteiger partial charge in [-0.25, -0.2) is 4.39 Å². The lowest BCUT2D eigenvalue weighted by Gasteiger charge is -2.10. The Bertz CT molecular complexity index is 599. The molecule has 130 valence electrons. The number of benzene rings is 2. The van der Waals surface area contributed by atoms with Crippen molar-refractivity contribution < 1.29 is 14.2 Å². The Balaban J connectivity index is 1.76. The number of hydrogen-bond donors (Lipinski definition) is 2. The van der Waals surface area contributed by atoms with E-state index in [1.54, 1.807) is 12.1 Å². The Kier molecular flexibility index (Phi) is 8.02. The molecule has 3 nitrogen and oxygen atoms in total. The number of rotatable bonds is 10. The van der Waals surface area contributed by atoms with Gasteiger partial charge in [0.1, 0.15) is 18.2 Å². The van der Waals surface area contributed by atoms with Crippen molar-refractivity contribution in [3.8, 4) is 5.75 Å². The molecule has 0 fully saturated rings. The van der Waals surface area contributed by atoms with Crippen molar-refractivity contribution in [2.45, 2.75) is 32.4 Å². The van der Waals surface area contributed by atoms with Crippen LogP contribution in [0.25, 0.3) is 0 Å². The molecule has 2 aromatic carbocycles. The summed E-state index contributed by atoms with van der Waals surface area (Å²) >= 11 is 5.98. The van der Waals surface area contributed by atoms with Crippen LogP contribution in [0.4, 0.5) is 4.39 Å². The fourth-order valence-electron chi connectivity index (χ4n) is 2.30. The van der Waals surface area contributed by atoms with Gasteiger partial charge in [0, 0.05) is 18.7 Å². The van der Waals surface area contributed by atoms with Crippen molar-refractivity contribution in [1.82, 2.24) is 5.32 Å². The quantitative estimate of drug-likeness (QED) is 0.627. The highest BCUT2D eigenvalue weighted by Gasteiger charge is 2.07. The molecule has 5 heteroatoms. The molecule has 0 atom stereocenters. The first-order valence-electron chi connectivity index (χ1n) is 8.17. The minimum atomic E-state index is -0.357. The van der Waals surface area contributed by atoms with Gasteiger partial charge in [-0.3, -0.25) is 0 Å². The molecule has 0 radical (unpaired) electrons. The maximum absolute atomic E-state index is 13.7. The first-order valence-corrected chi connectivity index (χ1v) is 8.54. The predicted molar refractivity (Wildman–Crippen MR) is 94.8 cm³/mol. The van der Waals surface area contributed by atoms with Crippen LogP contribution >= 0.6 is 11.6 Å². The van der Waals surface area contributed by atoms with Gasteiger partial charge in [0.25, 0.3) is 0 Å². The summed E-state index contributed by atoms with van der Waals surface area (Å²) in [6, 6.07) is 12.3. The largest absolute Gasteiger partial charge is 0.489 e. The normalized spacial score (nSPS) is 10.8. The fourth-order valence-corrected chi connectivity index (χ4v) is 2.52. The Morgan fingerprint density at radius 3 is 2.54 bits per heavy atom. The van der Waals surface area contributed by atoms with Crippen LogP contribution in [0.2, 0.25) is 5.02 Å². The Morgan fingerprint density at radius 2 is 1.83 bits per heavy atom. The third-order valence-electron chi connectivity index (χ3n) is 3.71. The van der Waals surface area contributed by atoms with E-state index in [1.807, 2.05) is 24.3 Å². The van der Waals surface area contributed by atoms with Crippen LogP contribution in [-0.4, -0.2) is 18.3 Å². The summed E-state index contributed by atoms with van der Waals surface area (Å²) < 4.78 is 19.3. The number of aliphatic hydroxyl groups excluding tert-OH is 1. The number of aliphatic hydroxyl groups is 1. The highest BCUT2D eigenvalue weighted by Crippen LogP contribution is 2.21. The third-order valence-corrected chi connectivity index (χ3v) is 4.06. The van der Waals surface area contributed by atoms with Gasteiger partial charge in [-0.15, -0.1) is 0 Å². The molecule has 0 saturated heterocycles. The maximum atomic E-state index is 13.7. The molecule has 0 amide bonds. The SMILES string of the molecule is OCCCCCNCc1ccc(OCc2c(F)cccc2Cl)cc1. The zero-order valence-electron chi connectivity index (χ0n) is 13.6. The molecule has 0 saturated carbocycles. The van der Waals surface area contributed by atoms with Crippen molar-refractivity contribution in [2.24, 2.45) is 0 Å². The average molecular weight is 352 g/mol. The second-order valence-electron chi connectivity index (χ2n) is 5.59. The fraction of sp³-hybridized carbons (Fsp3) is 0.368. The number of nitrogens with one attached hydrogen (secondary N) is 1. The van der Waals surface area contributed by atoms with Gasteiger partial charge in [-0.2, -0.15) is 0 Å². The first-order chi connectivity index (χ1) is 11.7. The Labute approximate surface area is 147 Å². The van der Waals surface area contributed by atoms with Crippen molar-refractivity contribution >= 4 is 11.6 Å². The van der Waals surface area contributed by atoms with E-state index in [-0.39, 0.29) is 19.0 Å². The molecule has 0 aliphatic carbocycles. The summed E-state index contributed by atoms with van der Waals surface area (Å²) in [4.78, 5) is 0. The van der Waals surface area contributed by atoms with E-state index in [1.165, 1.54) is 6.07 Å². The van der Waals surface area contributed by atoms with Crippen LogP contribution in [0, 0.1) is 5.82 Å². The second-order valence-corrected chi connectivity index (χ2v) is 6.00. The number of hydrogen-bond acceptors (Lipinski definition) is 3. The molecule has 0 unspecified atom stereocenters. The lowest BCUT2D eigenvalue weighted by atomic mass is 10.2. The van der Waals surface area contributed by atoms with Gasteiger partial charge in [-0.05, 0) is 55.6 Å². The van der Waals surface area contributed by atoms with Gasteiger partial charge in [-0.1, -0.05) is 29.8 Å². The van der Waals surface area contributed by atoms with Crippen LogP contribution in [0.15, 0.2) is 42.5 Å². The van der Waals surface area contributed by atoms with Crippen molar-refractivity contribution in [3.63, 3.8) is 0 Å². The van der Waals surface area contributed by atoms with Crippen molar-refractivity contribution in [3.05, 3.63) is 64.4 Å². The molecular weight excluding hydrogens is 329 g/mol. The molecule has 24 heavy (non-hydrogen) atoms. The minimum Gasteiger partial charge on any atom is -0.489 e. The van der Waals surface area contributed by atoms with Crippen LogP contribution in [0.1, 0.15) is 30.4 Å². The molecule has 0 aromatic heterocycles. The average Bonchev–Trinajstić information content (AvgIpc) is 2.59. The lowest BCUT2D eigenvalue weighted by molar-refractivity contribution is 0.283. The molecule has 0 aliphatic rings. The van der Waals surface area contributed by atoms with Crippen LogP contribution in [0.3, 0.4) is 0 Å².